The van der Waals surface area contributed by atoms with E-state index in [1.54, 1.807) is 0 Å². The van der Waals surface area contributed by atoms with Gasteiger partial charge in [0.05, 0.1) is 6.61 Å². The predicted octanol–water partition coefficient (Wildman–Crippen LogP) is 0.912. The lowest BCUT2D eigenvalue weighted by Gasteiger charge is -2.24. The van der Waals surface area contributed by atoms with E-state index in [2.05, 4.69) is 5.32 Å². The first-order valence-corrected chi connectivity index (χ1v) is 4.50. The van der Waals surface area contributed by atoms with Gasteiger partial charge in [-0.15, -0.1) is 0 Å². The Morgan fingerprint density at radius 2 is 2.00 bits per heavy atom. The maximum absolute atomic E-state index is 10.5. The highest BCUT2D eigenvalue weighted by atomic mass is 16.7. The lowest BCUT2D eigenvalue weighted by molar-refractivity contribution is -0.209. The van der Waals surface area contributed by atoms with Gasteiger partial charge in [0.1, 0.15) is 0 Å². The van der Waals surface area contributed by atoms with E-state index in [1.807, 2.05) is 20.8 Å². The van der Waals surface area contributed by atoms with Gasteiger partial charge in [0, 0.05) is 20.1 Å². The number of hydrogen-bond acceptors (Lipinski definition) is 3. The first-order chi connectivity index (χ1) is 5.98. The maximum Gasteiger partial charge on any atom is 0.216 e. The normalized spacial score (nSPS) is 11.4. The molecule has 78 valence electrons. The van der Waals surface area contributed by atoms with Crippen molar-refractivity contribution in [2.75, 3.05) is 19.8 Å². The molecule has 4 heteroatoms. The average Bonchev–Trinajstić information content (AvgIpc) is 1.98. The first kappa shape index (κ1) is 12.4. The topological polar surface area (TPSA) is 47.6 Å². The molecule has 1 N–H and O–H groups in total. The Bertz CT molecular complexity index is 157. The number of amides is 1. The van der Waals surface area contributed by atoms with Crippen molar-refractivity contribution in [1.82, 2.24) is 5.32 Å². The minimum Gasteiger partial charge on any atom is -0.354 e. The van der Waals surface area contributed by atoms with Crippen LogP contribution in [0.1, 0.15) is 27.7 Å². The molecule has 0 aromatic heterocycles. The number of carbonyl (C=O) groups is 1. The van der Waals surface area contributed by atoms with Crippen molar-refractivity contribution in [3.05, 3.63) is 0 Å². The maximum atomic E-state index is 10.5. The van der Waals surface area contributed by atoms with Crippen molar-refractivity contribution in [1.29, 1.82) is 0 Å². The second kappa shape index (κ2) is 5.94. The number of rotatable bonds is 6. The van der Waals surface area contributed by atoms with Gasteiger partial charge in [0.25, 0.3) is 0 Å². The summed E-state index contributed by atoms with van der Waals surface area (Å²) in [5, 5.41) is 2.64. The van der Waals surface area contributed by atoms with Gasteiger partial charge in [-0.3, -0.25) is 4.79 Å². The molecule has 0 radical (unpaired) electrons. The molecule has 1 amide bonds. The van der Waals surface area contributed by atoms with E-state index >= 15 is 0 Å². The Morgan fingerprint density at radius 3 is 2.46 bits per heavy atom. The summed E-state index contributed by atoms with van der Waals surface area (Å²) in [7, 11) is 0. The lowest BCUT2D eigenvalue weighted by Crippen LogP contribution is -2.33. The minimum absolute atomic E-state index is 0.0437. The molecule has 13 heavy (non-hydrogen) atoms. The molecule has 0 rings (SSSR count). The number of ether oxygens (including phenoxy) is 2. The summed E-state index contributed by atoms with van der Waals surface area (Å²) in [4.78, 5) is 10.5. The fourth-order valence-electron chi connectivity index (χ4n) is 0.913. The zero-order chi connectivity index (χ0) is 10.3. The summed E-state index contributed by atoms with van der Waals surface area (Å²) >= 11 is 0. The van der Waals surface area contributed by atoms with Gasteiger partial charge in [-0.2, -0.15) is 0 Å². The number of hydrogen-bond donors (Lipinski definition) is 1. The third-order valence-electron chi connectivity index (χ3n) is 1.42. The van der Waals surface area contributed by atoms with Gasteiger partial charge in [-0.1, -0.05) is 0 Å². The van der Waals surface area contributed by atoms with E-state index in [-0.39, 0.29) is 5.91 Å². The van der Waals surface area contributed by atoms with Crippen LogP contribution in [-0.4, -0.2) is 31.5 Å². The fraction of sp³-hybridized carbons (Fsp3) is 0.889. The number of nitrogens with one attached hydrogen (secondary N) is 1. The van der Waals surface area contributed by atoms with Gasteiger partial charge in [-0.25, -0.2) is 0 Å². The summed E-state index contributed by atoms with van der Waals surface area (Å²) in [5.41, 5.74) is 0. The van der Waals surface area contributed by atoms with Crippen molar-refractivity contribution in [2.24, 2.45) is 0 Å². The molecule has 0 atom stereocenters. The molecule has 0 aromatic carbocycles. The van der Waals surface area contributed by atoms with Crippen LogP contribution in [0.3, 0.4) is 0 Å². The molecule has 0 saturated carbocycles. The van der Waals surface area contributed by atoms with Crippen LogP contribution in [0.2, 0.25) is 0 Å². The van der Waals surface area contributed by atoms with E-state index in [0.29, 0.717) is 19.8 Å². The van der Waals surface area contributed by atoms with Gasteiger partial charge in [0.2, 0.25) is 5.91 Å². The summed E-state index contributed by atoms with van der Waals surface area (Å²) < 4.78 is 10.7. The van der Waals surface area contributed by atoms with E-state index in [1.165, 1.54) is 6.92 Å². The highest BCUT2D eigenvalue weighted by molar-refractivity contribution is 5.72. The summed E-state index contributed by atoms with van der Waals surface area (Å²) in [5.74, 6) is -0.606. The van der Waals surface area contributed by atoms with E-state index in [0.717, 1.165) is 0 Å². The molecule has 0 saturated heterocycles. The van der Waals surface area contributed by atoms with Crippen molar-refractivity contribution < 1.29 is 14.3 Å². The third-order valence-corrected chi connectivity index (χ3v) is 1.42. The standard InChI is InChI=1S/C9H19NO3/c1-5-12-9(3,4)13-7-6-10-8(2)11/h5-7H2,1-4H3,(H,10,11). The van der Waals surface area contributed by atoms with E-state index < -0.39 is 5.79 Å². The van der Waals surface area contributed by atoms with Crippen LogP contribution in [0.15, 0.2) is 0 Å². The second-order valence-corrected chi connectivity index (χ2v) is 3.16. The van der Waals surface area contributed by atoms with Crippen LogP contribution in [0.4, 0.5) is 0 Å². The van der Waals surface area contributed by atoms with Crippen LogP contribution in [0.25, 0.3) is 0 Å². The highest BCUT2D eigenvalue weighted by Gasteiger charge is 2.16. The van der Waals surface area contributed by atoms with Crippen molar-refractivity contribution in [3.63, 3.8) is 0 Å². The molecule has 0 spiro atoms. The molecule has 0 aliphatic heterocycles. The number of carbonyl (C=O) groups excluding carboxylic acids is 1. The molecule has 0 unspecified atom stereocenters. The Balaban J connectivity index is 3.45. The van der Waals surface area contributed by atoms with Gasteiger partial charge >= 0.3 is 0 Å². The van der Waals surface area contributed by atoms with E-state index in [4.69, 9.17) is 9.47 Å². The summed E-state index contributed by atoms with van der Waals surface area (Å²) in [6.07, 6.45) is 0. The largest absolute Gasteiger partial charge is 0.354 e. The van der Waals surface area contributed by atoms with Gasteiger partial charge in [0.15, 0.2) is 5.79 Å². The van der Waals surface area contributed by atoms with Crippen molar-refractivity contribution >= 4 is 5.91 Å². The summed E-state index contributed by atoms with van der Waals surface area (Å²) in [6.45, 7) is 8.70. The second-order valence-electron chi connectivity index (χ2n) is 3.16. The Kier molecular flexibility index (Phi) is 5.66. The van der Waals surface area contributed by atoms with Crippen molar-refractivity contribution in [3.8, 4) is 0 Å². The Hall–Kier alpha value is -0.610. The lowest BCUT2D eigenvalue weighted by atomic mass is 10.4. The molecule has 0 bridgehead atoms. The van der Waals surface area contributed by atoms with Crippen LogP contribution in [0, 0.1) is 0 Å². The Labute approximate surface area is 79.6 Å². The molecule has 0 aromatic rings. The fourth-order valence-corrected chi connectivity index (χ4v) is 0.913. The molecule has 0 aliphatic rings. The molecule has 0 fully saturated rings. The molecular weight excluding hydrogens is 170 g/mol. The zero-order valence-electron chi connectivity index (χ0n) is 8.85. The summed E-state index contributed by atoms with van der Waals surface area (Å²) in [6, 6.07) is 0. The molecule has 0 heterocycles. The van der Waals surface area contributed by atoms with Crippen LogP contribution >= 0.6 is 0 Å². The SMILES string of the molecule is CCOC(C)(C)OCCNC(C)=O. The van der Waals surface area contributed by atoms with Gasteiger partial charge in [-0.05, 0) is 20.8 Å². The molecular formula is C9H19NO3. The smallest absolute Gasteiger partial charge is 0.216 e. The Morgan fingerprint density at radius 1 is 1.38 bits per heavy atom. The quantitative estimate of drug-likeness (QED) is 0.499. The minimum atomic E-state index is -0.562. The van der Waals surface area contributed by atoms with Gasteiger partial charge < -0.3 is 14.8 Å². The van der Waals surface area contributed by atoms with Crippen LogP contribution < -0.4 is 5.32 Å². The predicted molar refractivity (Wildman–Crippen MR) is 50.3 cm³/mol. The van der Waals surface area contributed by atoms with E-state index in [9.17, 15) is 4.79 Å². The molecule has 0 aliphatic carbocycles. The average molecular weight is 189 g/mol. The first-order valence-electron chi connectivity index (χ1n) is 4.50. The molecule has 4 nitrogen and oxygen atoms in total. The van der Waals surface area contributed by atoms with Crippen molar-refractivity contribution in [2.45, 2.75) is 33.5 Å². The third kappa shape index (κ3) is 7.74. The highest BCUT2D eigenvalue weighted by Crippen LogP contribution is 2.09. The van der Waals surface area contributed by atoms with Crippen LogP contribution in [0.5, 0.6) is 0 Å². The zero-order valence-corrected chi connectivity index (χ0v) is 8.85. The van der Waals surface area contributed by atoms with Crippen LogP contribution in [-0.2, 0) is 14.3 Å². The monoisotopic (exact) mass is 189 g/mol.